The Balaban J connectivity index is 1.58. The molecule has 0 atom stereocenters. The lowest BCUT2D eigenvalue weighted by atomic mass is 10.0. The molecule has 132 valence electrons. The molecule has 0 spiro atoms. The average molecular weight is 341 g/mol. The van der Waals surface area contributed by atoms with Crippen LogP contribution in [0.4, 0.5) is 5.69 Å². The summed E-state index contributed by atoms with van der Waals surface area (Å²) in [6, 6.07) is 13.0. The number of anilines is 1. The second-order valence-corrected chi connectivity index (χ2v) is 6.58. The Hall–Kier alpha value is -2.69. The zero-order chi connectivity index (χ0) is 17.9. The van der Waals surface area contributed by atoms with Crippen molar-refractivity contribution in [3.63, 3.8) is 0 Å². The molecule has 0 aromatic heterocycles. The summed E-state index contributed by atoms with van der Waals surface area (Å²) in [5, 5.41) is 2.81. The number of nitrogens with one attached hydrogen (secondary N) is 1. The molecule has 1 heterocycles. The Morgan fingerprint density at radius 2 is 1.92 bits per heavy atom. The van der Waals surface area contributed by atoms with E-state index in [0.29, 0.717) is 18.0 Å². The SMILES string of the molecule is CCOc1ccc(NC(=O)COc2cccc3c2OC(C)(C)C3)cc1. The number of para-hydroxylation sites is 1. The van der Waals surface area contributed by atoms with Crippen LogP contribution in [0.25, 0.3) is 0 Å². The van der Waals surface area contributed by atoms with Crippen LogP contribution in [-0.4, -0.2) is 24.7 Å². The first-order valence-electron chi connectivity index (χ1n) is 8.43. The maximum absolute atomic E-state index is 12.1. The minimum atomic E-state index is -0.244. The summed E-state index contributed by atoms with van der Waals surface area (Å²) in [6.45, 7) is 6.54. The van der Waals surface area contributed by atoms with Crippen LogP contribution in [-0.2, 0) is 11.2 Å². The molecule has 25 heavy (non-hydrogen) atoms. The number of carbonyl (C=O) groups is 1. The molecule has 0 saturated carbocycles. The third kappa shape index (κ3) is 4.24. The predicted molar refractivity (Wildman–Crippen MR) is 96.6 cm³/mol. The van der Waals surface area contributed by atoms with Gasteiger partial charge in [0.15, 0.2) is 18.1 Å². The number of carbonyl (C=O) groups excluding carboxylic acids is 1. The highest BCUT2D eigenvalue weighted by atomic mass is 16.5. The summed E-state index contributed by atoms with van der Waals surface area (Å²) >= 11 is 0. The van der Waals surface area contributed by atoms with Crippen molar-refractivity contribution < 1.29 is 19.0 Å². The summed E-state index contributed by atoms with van der Waals surface area (Å²) in [5.74, 6) is 1.89. The van der Waals surface area contributed by atoms with Gasteiger partial charge in [-0.1, -0.05) is 12.1 Å². The third-order valence-corrected chi connectivity index (χ3v) is 3.86. The molecule has 2 aromatic carbocycles. The molecule has 5 heteroatoms. The number of hydrogen-bond donors (Lipinski definition) is 1. The lowest BCUT2D eigenvalue weighted by Gasteiger charge is -2.18. The van der Waals surface area contributed by atoms with Gasteiger partial charge in [-0.05, 0) is 51.1 Å². The predicted octanol–water partition coefficient (Wildman–Crippen LogP) is 3.82. The van der Waals surface area contributed by atoms with E-state index in [4.69, 9.17) is 14.2 Å². The van der Waals surface area contributed by atoms with Crippen LogP contribution >= 0.6 is 0 Å². The molecule has 0 radical (unpaired) electrons. The van der Waals surface area contributed by atoms with Crippen LogP contribution in [0.2, 0.25) is 0 Å². The fourth-order valence-corrected chi connectivity index (χ4v) is 2.84. The number of hydrogen-bond acceptors (Lipinski definition) is 4. The molecule has 0 unspecified atom stereocenters. The van der Waals surface area contributed by atoms with E-state index in [1.807, 2.05) is 51.1 Å². The van der Waals surface area contributed by atoms with Crippen LogP contribution in [0, 0.1) is 0 Å². The maximum Gasteiger partial charge on any atom is 0.262 e. The molecule has 0 saturated heterocycles. The van der Waals surface area contributed by atoms with Gasteiger partial charge in [-0.3, -0.25) is 4.79 Å². The van der Waals surface area contributed by atoms with Gasteiger partial charge in [0.1, 0.15) is 11.4 Å². The molecule has 3 rings (SSSR count). The highest BCUT2D eigenvalue weighted by Gasteiger charge is 2.32. The zero-order valence-corrected chi connectivity index (χ0v) is 14.8. The van der Waals surface area contributed by atoms with Crippen molar-refractivity contribution in [1.29, 1.82) is 0 Å². The Kier molecular flexibility index (Phi) is 4.83. The van der Waals surface area contributed by atoms with Crippen molar-refractivity contribution in [2.45, 2.75) is 32.8 Å². The quantitative estimate of drug-likeness (QED) is 0.868. The number of ether oxygens (including phenoxy) is 3. The molecule has 5 nitrogen and oxygen atoms in total. The van der Waals surface area contributed by atoms with Gasteiger partial charge in [0.05, 0.1) is 6.61 Å². The number of amides is 1. The van der Waals surface area contributed by atoms with Crippen LogP contribution in [0.3, 0.4) is 0 Å². The van der Waals surface area contributed by atoms with E-state index >= 15 is 0 Å². The molecule has 2 aromatic rings. The second kappa shape index (κ2) is 7.05. The summed E-state index contributed by atoms with van der Waals surface area (Å²) in [5.41, 5.74) is 1.56. The van der Waals surface area contributed by atoms with Crippen LogP contribution in [0.1, 0.15) is 26.3 Å². The van der Waals surface area contributed by atoms with E-state index in [2.05, 4.69) is 5.32 Å². The van der Waals surface area contributed by atoms with Crippen molar-refractivity contribution in [3.05, 3.63) is 48.0 Å². The Morgan fingerprint density at radius 3 is 2.64 bits per heavy atom. The van der Waals surface area contributed by atoms with Crippen LogP contribution in [0.5, 0.6) is 17.2 Å². The van der Waals surface area contributed by atoms with Gasteiger partial charge in [-0.15, -0.1) is 0 Å². The number of fused-ring (bicyclic) bond motifs is 1. The summed E-state index contributed by atoms with van der Waals surface area (Å²) in [7, 11) is 0. The average Bonchev–Trinajstić information content (AvgIpc) is 2.89. The number of benzene rings is 2. The minimum Gasteiger partial charge on any atom is -0.494 e. The number of rotatable bonds is 6. The lowest BCUT2D eigenvalue weighted by Crippen LogP contribution is -2.25. The van der Waals surface area contributed by atoms with E-state index in [1.165, 1.54) is 0 Å². The minimum absolute atomic E-state index is 0.0759. The largest absolute Gasteiger partial charge is 0.494 e. The van der Waals surface area contributed by atoms with Gasteiger partial charge in [-0.2, -0.15) is 0 Å². The highest BCUT2D eigenvalue weighted by molar-refractivity contribution is 5.91. The first-order valence-corrected chi connectivity index (χ1v) is 8.43. The summed E-state index contributed by atoms with van der Waals surface area (Å²) in [4.78, 5) is 12.1. The van der Waals surface area contributed by atoms with Crippen molar-refractivity contribution in [2.75, 3.05) is 18.5 Å². The van der Waals surface area contributed by atoms with E-state index in [1.54, 1.807) is 12.1 Å². The van der Waals surface area contributed by atoms with Crippen molar-refractivity contribution in [2.24, 2.45) is 0 Å². The first-order chi connectivity index (χ1) is 12.0. The van der Waals surface area contributed by atoms with Gasteiger partial charge < -0.3 is 19.5 Å². The van der Waals surface area contributed by atoms with Gasteiger partial charge in [0.2, 0.25) is 0 Å². The van der Waals surface area contributed by atoms with E-state index < -0.39 is 0 Å². The monoisotopic (exact) mass is 341 g/mol. The van der Waals surface area contributed by atoms with Gasteiger partial charge in [0, 0.05) is 17.7 Å². The lowest BCUT2D eigenvalue weighted by molar-refractivity contribution is -0.118. The van der Waals surface area contributed by atoms with Crippen LogP contribution < -0.4 is 19.5 Å². The van der Waals surface area contributed by atoms with Gasteiger partial charge in [0.25, 0.3) is 5.91 Å². The first kappa shape index (κ1) is 17.1. The molecule has 0 aliphatic carbocycles. The molecular formula is C20H23NO4. The molecule has 1 aliphatic rings. The molecule has 0 bridgehead atoms. The second-order valence-electron chi connectivity index (χ2n) is 6.58. The van der Waals surface area contributed by atoms with E-state index in [9.17, 15) is 4.79 Å². The Labute approximate surface area is 147 Å². The molecule has 1 amide bonds. The molecule has 1 N–H and O–H groups in total. The van der Waals surface area contributed by atoms with E-state index in [-0.39, 0.29) is 18.1 Å². The van der Waals surface area contributed by atoms with E-state index in [0.717, 1.165) is 23.5 Å². The van der Waals surface area contributed by atoms with Gasteiger partial charge >= 0.3 is 0 Å². The fraction of sp³-hybridized carbons (Fsp3) is 0.350. The van der Waals surface area contributed by atoms with Crippen molar-refractivity contribution >= 4 is 11.6 Å². The fourth-order valence-electron chi connectivity index (χ4n) is 2.84. The van der Waals surface area contributed by atoms with Gasteiger partial charge in [-0.25, -0.2) is 0 Å². The molecular weight excluding hydrogens is 318 g/mol. The van der Waals surface area contributed by atoms with Crippen molar-refractivity contribution in [3.8, 4) is 17.2 Å². The highest BCUT2D eigenvalue weighted by Crippen LogP contribution is 2.41. The Bertz CT molecular complexity index is 753. The maximum atomic E-state index is 12.1. The topological polar surface area (TPSA) is 56.8 Å². The summed E-state index contributed by atoms with van der Waals surface area (Å²) in [6.07, 6.45) is 0.831. The zero-order valence-electron chi connectivity index (χ0n) is 14.8. The summed E-state index contributed by atoms with van der Waals surface area (Å²) < 4.78 is 17.0. The third-order valence-electron chi connectivity index (χ3n) is 3.86. The molecule has 0 fully saturated rings. The normalized spacial score (nSPS) is 14.4. The Morgan fingerprint density at radius 1 is 1.16 bits per heavy atom. The van der Waals surface area contributed by atoms with Crippen molar-refractivity contribution in [1.82, 2.24) is 0 Å². The standard InChI is InChI=1S/C20H23NO4/c1-4-23-16-10-8-15(9-11-16)21-18(22)13-24-17-7-5-6-14-12-20(2,3)25-19(14)17/h5-11H,4,12-13H2,1-3H3,(H,21,22). The smallest absolute Gasteiger partial charge is 0.262 e. The van der Waals surface area contributed by atoms with Crippen LogP contribution in [0.15, 0.2) is 42.5 Å². The molecule has 1 aliphatic heterocycles.